The van der Waals surface area contributed by atoms with E-state index in [0.717, 1.165) is 59.1 Å². The summed E-state index contributed by atoms with van der Waals surface area (Å²) in [6, 6.07) is 8.14. The average Bonchev–Trinajstić information content (AvgIpc) is 3.35. The fourth-order valence-corrected chi connectivity index (χ4v) is 11.1. The van der Waals surface area contributed by atoms with Crippen LogP contribution in [0.5, 0.6) is 11.5 Å². The minimum atomic E-state index is -2.61. The van der Waals surface area contributed by atoms with Gasteiger partial charge in [-0.05, 0) is 59.8 Å². The first kappa shape index (κ1) is 75.5. The van der Waals surface area contributed by atoms with Crippen LogP contribution in [0.15, 0.2) is 24.3 Å². The van der Waals surface area contributed by atoms with Crippen LogP contribution in [0.1, 0.15) is 307 Å². The summed E-state index contributed by atoms with van der Waals surface area (Å²) in [7, 11) is -5.22. The third kappa shape index (κ3) is 34.6. The lowest BCUT2D eigenvalue weighted by atomic mass is 9.68. The molecule has 0 unspecified atom stereocenters. The second-order valence-corrected chi connectivity index (χ2v) is 26.5. The maximum atomic E-state index is 11.7. The molecule has 0 aliphatic heterocycles. The van der Waals surface area contributed by atoms with E-state index >= 15 is 0 Å². The molecule has 452 valence electrons. The lowest BCUT2D eigenvalue weighted by Crippen LogP contribution is -2.55. The van der Waals surface area contributed by atoms with Gasteiger partial charge in [0, 0.05) is 6.42 Å². The number of hydrogen-bond donors (Lipinski definition) is 10. The SMILES string of the molecule is CCCCCCCCCCCCCCCCCCC(O)(CCCCCCCCCCCCCCCCCC)C(CO)(CO)CO.Cc1cc(Cc2cc(C)cc(C(C)(C)C)c2O)c(O)c(C(C)(C)C)c1.OP(O)OP(O)O. The summed E-state index contributed by atoms with van der Waals surface area (Å²) in [6.45, 7) is 20.1. The summed E-state index contributed by atoms with van der Waals surface area (Å²) in [5.74, 6) is 0.688. The number of aliphatic hydroxyl groups is 4. The van der Waals surface area contributed by atoms with Crippen molar-refractivity contribution in [2.75, 3.05) is 19.8 Å². The Balaban J connectivity index is 0.00000149. The molecule has 77 heavy (non-hydrogen) atoms. The zero-order valence-corrected chi connectivity index (χ0v) is 52.7. The molecule has 2 aromatic rings. The Morgan fingerprint density at radius 3 is 0.818 bits per heavy atom. The Kier molecular flexibility index (Phi) is 43.3. The van der Waals surface area contributed by atoms with Gasteiger partial charge in [0.05, 0.1) is 30.8 Å². The van der Waals surface area contributed by atoms with Crippen LogP contribution in [0, 0.1) is 19.3 Å². The van der Waals surface area contributed by atoms with Crippen LogP contribution in [-0.2, 0) is 21.6 Å². The van der Waals surface area contributed by atoms with Crippen molar-refractivity contribution in [3.05, 3.63) is 57.6 Å². The predicted octanol–water partition coefficient (Wildman–Crippen LogP) is 17.3. The van der Waals surface area contributed by atoms with Crippen molar-refractivity contribution in [3.8, 4) is 11.5 Å². The van der Waals surface area contributed by atoms with E-state index in [9.17, 15) is 30.6 Å². The van der Waals surface area contributed by atoms with E-state index in [1.54, 1.807) is 0 Å². The molecule has 0 radical (unpaired) electrons. The molecule has 11 nitrogen and oxygen atoms in total. The highest BCUT2D eigenvalue weighted by molar-refractivity contribution is 7.53. The number of aryl methyl sites for hydroxylation is 2. The molecule has 0 aliphatic rings. The van der Waals surface area contributed by atoms with Gasteiger partial charge in [0.1, 0.15) is 11.5 Å². The third-order valence-electron chi connectivity index (χ3n) is 15.6. The molecule has 0 saturated carbocycles. The van der Waals surface area contributed by atoms with Crippen LogP contribution in [0.25, 0.3) is 0 Å². The van der Waals surface area contributed by atoms with E-state index in [1.165, 1.54) is 180 Å². The van der Waals surface area contributed by atoms with Gasteiger partial charge >= 0.3 is 17.2 Å². The molecule has 10 N–H and O–H groups in total. The van der Waals surface area contributed by atoms with Gasteiger partial charge in [-0.25, -0.2) is 4.31 Å². The lowest BCUT2D eigenvalue weighted by molar-refractivity contribution is -0.162. The smallest absolute Gasteiger partial charge is 0.334 e. The van der Waals surface area contributed by atoms with Crippen LogP contribution >= 0.6 is 17.2 Å². The first-order chi connectivity index (χ1) is 36.5. The summed E-state index contributed by atoms with van der Waals surface area (Å²) < 4.78 is 3.60. The highest BCUT2D eigenvalue weighted by Crippen LogP contribution is 2.43. The quantitative estimate of drug-likeness (QED) is 0.0223. The van der Waals surface area contributed by atoms with Crippen LogP contribution in [-0.4, -0.2) is 75.6 Å². The lowest BCUT2D eigenvalue weighted by Gasteiger charge is -2.44. The predicted molar refractivity (Wildman–Crippen MR) is 327 cm³/mol. The molecular weight excluding hydrogens is 1010 g/mol. The van der Waals surface area contributed by atoms with Crippen LogP contribution < -0.4 is 0 Å². The number of aliphatic hydroxyl groups excluding tert-OH is 3. The van der Waals surface area contributed by atoms with Crippen molar-refractivity contribution in [1.82, 2.24) is 0 Å². The van der Waals surface area contributed by atoms with E-state index in [1.807, 2.05) is 12.1 Å². The first-order valence-electron chi connectivity index (χ1n) is 30.7. The number of aromatic hydroxyl groups is 2. The van der Waals surface area contributed by atoms with Crippen molar-refractivity contribution in [1.29, 1.82) is 0 Å². The number of rotatable bonds is 42. The van der Waals surface area contributed by atoms with Gasteiger partial charge in [0.2, 0.25) is 0 Å². The topological polar surface area (TPSA) is 212 Å². The van der Waals surface area contributed by atoms with Gasteiger partial charge < -0.3 is 50.2 Å². The molecule has 0 spiro atoms. The fourth-order valence-electron chi connectivity index (χ4n) is 10.6. The van der Waals surface area contributed by atoms with Crippen molar-refractivity contribution in [2.24, 2.45) is 5.41 Å². The molecule has 0 saturated heterocycles. The molecule has 0 bridgehead atoms. The molecule has 13 heteroatoms. The van der Waals surface area contributed by atoms with Crippen molar-refractivity contribution in [2.45, 2.75) is 310 Å². The average molecular weight is 1130 g/mol. The Morgan fingerprint density at radius 2 is 0.623 bits per heavy atom. The zero-order valence-electron chi connectivity index (χ0n) is 51.0. The number of phenols is 2. The summed E-state index contributed by atoms with van der Waals surface area (Å²) in [4.78, 5) is 31.3. The number of phenolic OH excluding ortho intramolecular Hbond substituents is 2. The summed E-state index contributed by atoms with van der Waals surface area (Å²) in [5.41, 5.74) is 3.19. The monoisotopic (exact) mass is 1130 g/mol. The standard InChI is InChI=1S/C41H84O4.C23H32O2.H4O5P2/c1-3-5-7-9-11-13-15-17-19-21-23-25-27-29-31-33-35-41(45,40(37-42,38-43)39-44)36-34-32-30-28-26-24-22-20-18-16-14-12-10-8-6-4-2;1-14-9-16(20(24)18(11-14)22(3,4)5)13-17-10-15(2)12-19(21(17)25)23(6,7)8;1-6(2)5-7(3)4/h42-45H,3-39H2,1-2H3;9-12,24-25H,13H2,1-8H3;1-4H. The van der Waals surface area contributed by atoms with Crippen LogP contribution in [0.4, 0.5) is 0 Å². The molecule has 0 aliphatic carbocycles. The highest BCUT2D eigenvalue weighted by Gasteiger charge is 2.48. The number of unbranched alkanes of at least 4 members (excludes halogenated alkanes) is 30. The zero-order chi connectivity index (χ0) is 58.2. The molecule has 2 rings (SSSR count). The summed E-state index contributed by atoms with van der Waals surface area (Å²) in [6.07, 6.45) is 43.6. The van der Waals surface area contributed by atoms with Gasteiger partial charge in [0.15, 0.2) is 0 Å². The molecule has 2 aromatic carbocycles. The van der Waals surface area contributed by atoms with E-state index in [-0.39, 0.29) is 30.7 Å². The molecule has 0 fully saturated rings. The Hall–Kier alpha value is -1.46. The minimum Gasteiger partial charge on any atom is -0.507 e. The van der Waals surface area contributed by atoms with E-state index < -0.39 is 28.2 Å². The van der Waals surface area contributed by atoms with E-state index in [2.05, 4.69) is 85.7 Å². The maximum Gasteiger partial charge on any atom is 0.334 e. The Labute approximate surface area is 474 Å². The Morgan fingerprint density at radius 1 is 0.390 bits per heavy atom. The van der Waals surface area contributed by atoms with Gasteiger partial charge in [-0.15, -0.1) is 0 Å². The first-order valence-corrected chi connectivity index (χ1v) is 33.1. The largest absolute Gasteiger partial charge is 0.507 e. The van der Waals surface area contributed by atoms with Crippen LogP contribution in [0.3, 0.4) is 0 Å². The fraction of sp³-hybridized carbons (Fsp3) is 0.812. The Bertz CT molecular complexity index is 1600. The van der Waals surface area contributed by atoms with Gasteiger partial charge in [-0.3, -0.25) is 0 Å². The van der Waals surface area contributed by atoms with E-state index in [0.29, 0.717) is 30.8 Å². The molecule has 0 atom stereocenters. The van der Waals surface area contributed by atoms with Crippen molar-refractivity contribution in [3.63, 3.8) is 0 Å². The van der Waals surface area contributed by atoms with Crippen LogP contribution in [0.2, 0.25) is 0 Å². The van der Waals surface area contributed by atoms with Crippen molar-refractivity contribution < 1.29 is 54.5 Å². The third-order valence-corrected chi connectivity index (χ3v) is 16.8. The molecule has 0 aromatic heterocycles. The minimum absolute atomic E-state index is 0.129. The summed E-state index contributed by atoms with van der Waals surface area (Å²) >= 11 is 0. The van der Waals surface area contributed by atoms with Gasteiger partial charge in [-0.1, -0.05) is 296 Å². The summed E-state index contributed by atoms with van der Waals surface area (Å²) in [5, 5.41) is 63.6. The highest BCUT2D eigenvalue weighted by atomic mass is 31.2. The maximum absolute atomic E-state index is 11.7. The molecule has 0 amide bonds. The van der Waals surface area contributed by atoms with Crippen molar-refractivity contribution >= 4 is 17.2 Å². The number of benzene rings is 2. The van der Waals surface area contributed by atoms with Gasteiger partial charge in [0.25, 0.3) is 0 Å². The number of hydrogen-bond acceptors (Lipinski definition) is 11. The molecule has 0 heterocycles. The second-order valence-electron chi connectivity index (χ2n) is 24.8. The normalized spacial score (nSPS) is 12.3. The molecular formula is C64H120O11P2. The van der Waals surface area contributed by atoms with E-state index in [4.69, 9.17) is 19.6 Å². The second kappa shape index (κ2) is 44.2. The van der Waals surface area contributed by atoms with Gasteiger partial charge in [-0.2, -0.15) is 0 Å².